The van der Waals surface area contributed by atoms with Crippen LogP contribution in [0.3, 0.4) is 0 Å². The lowest BCUT2D eigenvalue weighted by atomic mass is 9.95. The monoisotopic (exact) mass is 382 g/mol. The normalized spacial score (nSPS) is 20.0. The topological polar surface area (TPSA) is 83.6 Å². The van der Waals surface area contributed by atoms with Gasteiger partial charge in [0, 0.05) is 23.8 Å². The molecule has 0 amide bonds. The molecule has 1 aromatic rings. The first-order chi connectivity index (χ1) is 9.13. The molecule has 0 spiro atoms. The number of hydrogen-bond acceptors (Lipinski definition) is 4. The third-order valence-electron chi connectivity index (χ3n) is 3.45. The van der Waals surface area contributed by atoms with E-state index in [4.69, 9.17) is 17.3 Å². The van der Waals surface area contributed by atoms with Crippen molar-refractivity contribution < 1.29 is 13.5 Å². The standard InChI is InChI=1S/C12H16BrClN2O3S/c1-12(17)2-4-16(5-3-12)20(18,19)10-7-8(14)6-9(15)11(10)13/h6-7,17H,2-5,15H2,1H3. The lowest BCUT2D eigenvalue weighted by Gasteiger charge is -2.35. The molecule has 112 valence electrons. The van der Waals surface area contributed by atoms with Crippen LogP contribution in [0.1, 0.15) is 19.8 Å². The average Bonchev–Trinajstić information content (AvgIpc) is 2.33. The fourth-order valence-corrected chi connectivity index (χ4v) is 4.82. The smallest absolute Gasteiger partial charge is 0.244 e. The maximum Gasteiger partial charge on any atom is 0.244 e. The van der Waals surface area contributed by atoms with Gasteiger partial charge < -0.3 is 10.8 Å². The number of anilines is 1. The zero-order valence-electron chi connectivity index (χ0n) is 10.9. The number of nitrogens with two attached hydrogens (primary N) is 1. The van der Waals surface area contributed by atoms with E-state index >= 15 is 0 Å². The quantitative estimate of drug-likeness (QED) is 0.767. The van der Waals surface area contributed by atoms with E-state index in [1.807, 2.05) is 0 Å². The third-order valence-corrected chi connectivity index (χ3v) is 6.74. The van der Waals surface area contributed by atoms with Crippen LogP contribution in [0.4, 0.5) is 5.69 Å². The van der Waals surface area contributed by atoms with Crippen molar-refractivity contribution in [1.82, 2.24) is 4.31 Å². The molecule has 1 aliphatic rings. The van der Waals surface area contributed by atoms with Crippen LogP contribution in [0.25, 0.3) is 0 Å². The Balaban J connectivity index is 2.37. The lowest BCUT2D eigenvalue weighted by molar-refractivity contribution is 0.0126. The molecule has 0 unspecified atom stereocenters. The first-order valence-electron chi connectivity index (χ1n) is 6.10. The van der Waals surface area contributed by atoms with E-state index in [0.717, 1.165) is 0 Å². The lowest BCUT2D eigenvalue weighted by Crippen LogP contribution is -2.45. The number of rotatable bonds is 2. The molecule has 0 aliphatic carbocycles. The second-order valence-corrected chi connectivity index (χ2v) is 8.34. The molecule has 1 saturated heterocycles. The predicted molar refractivity (Wildman–Crippen MR) is 82.2 cm³/mol. The summed E-state index contributed by atoms with van der Waals surface area (Å²) in [6.07, 6.45) is 0.805. The van der Waals surface area contributed by atoms with Gasteiger partial charge in [0.2, 0.25) is 10.0 Å². The molecule has 0 atom stereocenters. The molecule has 2 rings (SSSR count). The fourth-order valence-electron chi connectivity index (χ4n) is 2.12. The summed E-state index contributed by atoms with van der Waals surface area (Å²) >= 11 is 9.09. The summed E-state index contributed by atoms with van der Waals surface area (Å²) < 4.78 is 26.9. The number of nitrogens with zero attached hydrogens (tertiary/aromatic N) is 1. The SMILES string of the molecule is CC1(O)CCN(S(=O)(=O)c2cc(Cl)cc(N)c2Br)CC1. The Morgan fingerprint density at radius 2 is 1.95 bits per heavy atom. The summed E-state index contributed by atoms with van der Waals surface area (Å²) in [7, 11) is -3.68. The first kappa shape index (κ1) is 16.0. The van der Waals surface area contributed by atoms with E-state index in [-0.39, 0.29) is 28.7 Å². The highest BCUT2D eigenvalue weighted by atomic mass is 79.9. The zero-order chi connectivity index (χ0) is 15.1. The minimum Gasteiger partial charge on any atom is -0.398 e. The van der Waals surface area contributed by atoms with Gasteiger partial charge >= 0.3 is 0 Å². The maximum absolute atomic E-state index is 12.6. The van der Waals surface area contributed by atoms with Crippen molar-refractivity contribution in [3.8, 4) is 0 Å². The number of benzene rings is 1. The molecule has 0 bridgehead atoms. The molecule has 3 N–H and O–H groups in total. The second kappa shape index (κ2) is 5.46. The number of piperidine rings is 1. The van der Waals surface area contributed by atoms with Gasteiger partial charge in [-0.1, -0.05) is 11.6 Å². The minimum atomic E-state index is -3.68. The molecule has 1 aliphatic heterocycles. The Bertz CT molecular complexity index is 624. The van der Waals surface area contributed by atoms with Crippen molar-refractivity contribution in [1.29, 1.82) is 0 Å². The Hall–Kier alpha value is -0.340. The van der Waals surface area contributed by atoms with Crippen molar-refractivity contribution in [2.24, 2.45) is 0 Å². The first-order valence-corrected chi connectivity index (χ1v) is 8.72. The Morgan fingerprint density at radius 1 is 1.40 bits per heavy atom. The van der Waals surface area contributed by atoms with Crippen molar-refractivity contribution in [2.75, 3.05) is 18.8 Å². The molecule has 0 saturated carbocycles. The van der Waals surface area contributed by atoms with Gasteiger partial charge in [0.15, 0.2) is 0 Å². The average molecular weight is 384 g/mol. The molecule has 20 heavy (non-hydrogen) atoms. The summed E-state index contributed by atoms with van der Waals surface area (Å²) in [5.74, 6) is 0. The van der Waals surface area contributed by atoms with Crippen LogP contribution >= 0.6 is 27.5 Å². The Kier molecular flexibility index (Phi) is 4.37. The number of aliphatic hydroxyl groups is 1. The van der Waals surface area contributed by atoms with Crippen LogP contribution < -0.4 is 5.73 Å². The highest BCUT2D eigenvalue weighted by Crippen LogP contribution is 2.35. The van der Waals surface area contributed by atoms with E-state index in [9.17, 15) is 13.5 Å². The van der Waals surface area contributed by atoms with E-state index in [0.29, 0.717) is 17.3 Å². The molecular weight excluding hydrogens is 368 g/mol. The van der Waals surface area contributed by atoms with Crippen LogP contribution in [-0.4, -0.2) is 36.5 Å². The summed E-state index contributed by atoms with van der Waals surface area (Å²) in [6, 6.07) is 2.87. The van der Waals surface area contributed by atoms with E-state index in [1.165, 1.54) is 16.4 Å². The third kappa shape index (κ3) is 3.12. The fraction of sp³-hybridized carbons (Fsp3) is 0.500. The maximum atomic E-state index is 12.6. The van der Waals surface area contributed by atoms with Crippen molar-refractivity contribution in [3.63, 3.8) is 0 Å². The van der Waals surface area contributed by atoms with Gasteiger partial charge in [-0.25, -0.2) is 8.42 Å². The largest absolute Gasteiger partial charge is 0.398 e. The highest BCUT2D eigenvalue weighted by molar-refractivity contribution is 9.10. The zero-order valence-corrected chi connectivity index (χ0v) is 14.1. The molecule has 5 nitrogen and oxygen atoms in total. The van der Waals surface area contributed by atoms with E-state index in [2.05, 4.69) is 15.9 Å². The molecule has 0 radical (unpaired) electrons. The summed E-state index contributed by atoms with van der Waals surface area (Å²) in [5, 5.41) is 10.2. The van der Waals surface area contributed by atoms with Gasteiger partial charge in [-0.3, -0.25) is 0 Å². The van der Waals surface area contributed by atoms with Crippen LogP contribution in [0.5, 0.6) is 0 Å². The number of halogens is 2. The van der Waals surface area contributed by atoms with Crippen molar-refractivity contribution in [2.45, 2.75) is 30.3 Å². The Morgan fingerprint density at radius 3 is 2.50 bits per heavy atom. The van der Waals surface area contributed by atoms with Gasteiger partial charge in [-0.05, 0) is 47.8 Å². The van der Waals surface area contributed by atoms with Gasteiger partial charge in [-0.15, -0.1) is 0 Å². The molecule has 1 fully saturated rings. The predicted octanol–water partition coefficient (Wildman–Crippen LogP) is 2.22. The molecule has 0 aromatic heterocycles. The summed E-state index contributed by atoms with van der Waals surface area (Å²) in [5.41, 5.74) is 5.21. The number of nitrogen functional groups attached to an aromatic ring is 1. The molecule has 8 heteroatoms. The van der Waals surface area contributed by atoms with Gasteiger partial charge in [0.1, 0.15) is 0 Å². The van der Waals surface area contributed by atoms with Crippen molar-refractivity contribution >= 4 is 43.2 Å². The summed E-state index contributed by atoms with van der Waals surface area (Å²) in [6.45, 7) is 2.26. The molecule has 1 aromatic carbocycles. The summed E-state index contributed by atoms with van der Waals surface area (Å²) in [4.78, 5) is 0.0593. The minimum absolute atomic E-state index is 0.0593. The van der Waals surface area contributed by atoms with Crippen LogP contribution in [0.15, 0.2) is 21.5 Å². The molecule has 1 heterocycles. The highest BCUT2D eigenvalue weighted by Gasteiger charge is 2.35. The second-order valence-electron chi connectivity index (χ2n) is 5.21. The number of sulfonamides is 1. The van der Waals surface area contributed by atoms with Crippen molar-refractivity contribution in [3.05, 3.63) is 21.6 Å². The molecular formula is C12H16BrClN2O3S. The van der Waals surface area contributed by atoms with Gasteiger partial charge in [0.05, 0.1) is 15.0 Å². The van der Waals surface area contributed by atoms with Gasteiger partial charge in [0.25, 0.3) is 0 Å². The van der Waals surface area contributed by atoms with Crippen LogP contribution in [-0.2, 0) is 10.0 Å². The van der Waals surface area contributed by atoms with E-state index in [1.54, 1.807) is 6.92 Å². The van der Waals surface area contributed by atoms with Gasteiger partial charge in [-0.2, -0.15) is 4.31 Å². The number of hydrogen-bond donors (Lipinski definition) is 2. The van der Waals surface area contributed by atoms with E-state index < -0.39 is 15.6 Å². The van der Waals surface area contributed by atoms with Crippen LogP contribution in [0.2, 0.25) is 5.02 Å². The Labute approximate surface area is 131 Å². The van der Waals surface area contributed by atoms with Crippen LogP contribution in [0, 0.1) is 0 Å².